The van der Waals surface area contributed by atoms with Gasteiger partial charge in [-0.2, -0.15) is 13.2 Å². The molecule has 174 valence electrons. The second kappa shape index (κ2) is 10.0. The highest BCUT2D eigenvalue weighted by molar-refractivity contribution is 7.99. The zero-order chi connectivity index (χ0) is 24.1. The Balaban J connectivity index is 1.57. The third-order valence-corrected chi connectivity index (χ3v) is 5.85. The molecule has 0 aliphatic carbocycles. The van der Waals surface area contributed by atoms with Crippen LogP contribution in [0, 0.1) is 0 Å². The average Bonchev–Trinajstić information content (AvgIpc) is 3.20. The number of anilines is 1. The van der Waals surface area contributed by atoms with Gasteiger partial charge in [0.25, 0.3) is 0 Å². The first-order chi connectivity index (χ1) is 16.3. The number of benzene rings is 3. The minimum absolute atomic E-state index is 0.0299. The lowest BCUT2D eigenvalue weighted by Gasteiger charge is -2.14. The average molecular weight is 485 g/mol. The standard InChI is InChI=1S/C24H19F3N4O2S/c25-24(26,27)18-11-5-6-12-19(18)28-21(33)15-34-23-30-29-22(17-10-4-7-13-20(17)32)31(23)14-16-8-2-1-3-9-16/h1-13,32H,14-15H2,(H,28,33). The highest BCUT2D eigenvalue weighted by Gasteiger charge is 2.33. The van der Waals surface area contributed by atoms with Crippen molar-refractivity contribution in [1.29, 1.82) is 0 Å². The molecule has 4 aromatic rings. The Kier molecular flexibility index (Phi) is 6.87. The van der Waals surface area contributed by atoms with Crippen molar-refractivity contribution >= 4 is 23.4 Å². The lowest BCUT2D eigenvalue weighted by Crippen LogP contribution is -2.18. The molecule has 3 aromatic carbocycles. The molecule has 0 spiro atoms. The molecule has 10 heteroatoms. The zero-order valence-electron chi connectivity index (χ0n) is 17.7. The van der Waals surface area contributed by atoms with Crippen LogP contribution in [0.2, 0.25) is 0 Å². The number of carbonyl (C=O) groups is 1. The van der Waals surface area contributed by atoms with E-state index in [4.69, 9.17) is 0 Å². The lowest BCUT2D eigenvalue weighted by molar-refractivity contribution is -0.137. The number of nitrogens with one attached hydrogen (secondary N) is 1. The number of phenolic OH excluding ortho intramolecular Hbond substituents is 1. The Morgan fingerprint density at radius 1 is 0.941 bits per heavy atom. The molecule has 0 radical (unpaired) electrons. The molecule has 1 amide bonds. The second-order valence-corrected chi connectivity index (χ2v) is 8.22. The Morgan fingerprint density at radius 3 is 2.35 bits per heavy atom. The van der Waals surface area contributed by atoms with E-state index in [1.165, 1.54) is 24.3 Å². The van der Waals surface area contributed by atoms with Crippen LogP contribution in [0.15, 0.2) is 84.0 Å². The van der Waals surface area contributed by atoms with Gasteiger partial charge in [0.2, 0.25) is 5.91 Å². The lowest BCUT2D eigenvalue weighted by atomic mass is 10.1. The van der Waals surface area contributed by atoms with Gasteiger partial charge < -0.3 is 10.4 Å². The van der Waals surface area contributed by atoms with Crippen LogP contribution >= 0.6 is 11.8 Å². The number of hydrogen-bond acceptors (Lipinski definition) is 5. The van der Waals surface area contributed by atoms with Gasteiger partial charge in [-0.3, -0.25) is 9.36 Å². The van der Waals surface area contributed by atoms with Crippen molar-refractivity contribution in [2.24, 2.45) is 0 Å². The van der Waals surface area contributed by atoms with Crippen LogP contribution in [-0.4, -0.2) is 31.5 Å². The molecule has 1 heterocycles. The molecule has 0 saturated heterocycles. The Morgan fingerprint density at radius 2 is 1.62 bits per heavy atom. The van der Waals surface area contributed by atoms with Crippen LogP contribution in [0.3, 0.4) is 0 Å². The molecule has 0 bridgehead atoms. The number of thioether (sulfide) groups is 1. The van der Waals surface area contributed by atoms with E-state index in [1.54, 1.807) is 22.8 Å². The van der Waals surface area contributed by atoms with Crippen LogP contribution in [0.5, 0.6) is 5.75 Å². The van der Waals surface area contributed by atoms with Gasteiger partial charge in [0, 0.05) is 0 Å². The van der Waals surface area contributed by atoms with Gasteiger partial charge in [0.15, 0.2) is 11.0 Å². The van der Waals surface area contributed by atoms with E-state index in [-0.39, 0.29) is 17.2 Å². The van der Waals surface area contributed by atoms with E-state index in [1.807, 2.05) is 30.3 Å². The van der Waals surface area contributed by atoms with Crippen molar-refractivity contribution in [3.05, 3.63) is 90.0 Å². The third-order valence-electron chi connectivity index (χ3n) is 4.88. The van der Waals surface area contributed by atoms with Gasteiger partial charge in [-0.25, -0.2) is 0 Å². The highest BCUT2D eigenvalue weighted by atomic mass is 32.2. The molecule has 0 aliphatic rings. The summed E-state index contributed by atoms with van der Waals surface area (Å²) in [5.74, 6) is -0.352. The van der Waals surface area contributed by atoms with E-state index in [9.17, 15) is 23.1 Å². The number of rotatable bonds is 7. The normalized spacial score (nSPS) is 11.4. The van der Waals surface area contributed by atoms with Crippen molar-refractivity contribution in [2.45, 2.75) is 17.9 Å². The molecule has 0 fully saturated rings. The fraction of sp³-hybridized carbons (Fsp3) is 0.125. The Labute approximate surface area is 197 Å². The molecule has 0 atom stereocenters. The number of hydrogen-bond donors (Lipinski definition) is 2. The molecule has 4 rings (SSSR count). The minimum Gasteiger partial charge on any atom is -0.507 e. The number of amides is 1. The smallest absolute Gasteiger partial charge is 0.418 e. The Bertz CT molecular complexity index is 1290. The molecule has 2 N–H and O–H groups in total. The summed E-state index contributed by atoms with van der Waals surface area (Å²) in [4.78, 5) is 12.5. The molecular weight excluding hydrogens is 465 g/mol. The van der Waals surface area contributed by atoms with E-state index in [0.29, 0.717) is 23.1 Å². The summed E-state index contributed by atoms with van der Waals surface area (Å²) in [5.41, 5.74) is 0.203. The summed E-state index contributed by atoms with van der Waals surface area (Å²) >= 11 is 1.04. The van der Waals surface area contributed by atoms with Gasteiger partial charge in [0.05, 0.1) is 29.1 Å². The predicted octanol–water partition coefficient (Wildman–Crippen LogP) is 5.45. The van der Waals surface area contributed by atoms with Gasteiger partial charge in [-0.1, -0.05) is 66.4 Å². The van der Waals surface area contributed by atoms with E-state index >= 15 is 0 Å². The summed E-state index contributed by atoms with van der Waals surface area (Å²) in [6.07, 6.45) is -4.58. The molecule has 6 nitrogen and oxygen atoms in total. The van der Waals surface area contributed by atoms with Crippen molar-refractivity contribution in [3.8, 4) is 17.1 Å². The molecular formula is C24H19F3N4O2S. The van der Waals surface area contributed by atoms with Gasteiger partial charge >= 0.3 is 6.18 Å². The van der Waals surface area contributed by atoms with Gasteiger partial charge in [0.1, 0.15) is 5.75 Å². The van der Waals surface area contributed by atoms with Crippen molar-refractivity contribution in [2.75, 3.05) is 11.1 Å². The number of para-hydroxylation sites is 2. The molecule has 0 aliphatic heterocycles. The third kappa shape index (κ3) is 5.40. The number of aromatic nitrogens is 3. The van der Waals surface area contributed by atoms with Crippen LogP contribution in [0.1, 0.15) is 11.1 Å². The number of nitrogens with zero attached hydrogens (tertiary/aromatic N) is 3. The van der Waals surface area contributed by atoms with E-state index in [2.05, 4.69) is 15.5 Å². The summed E-state index contributed by atoms with van der Waals surface area (Å²) in [6, 6.07) is 21.0. The molecule has 34 heavy (non-hydrogen) atoms. The zero-order valence-corrected chi connectivity index (χ0v) is 18.5. The highest BCUT2D eigenvalue weighted by Crippen LogP contribution is 2.35. The number of carbonyl (C=O) groups excluding carboxylic acids is 1. The number of alkyl halides is 3. The number of aromatic hydroxyl groups is 1. The number of phenols is 1. The first-order valence-corrected chi connectivity index (χ1v) is 11.2. The largest absolute Gasteiger partial charge is 0.507 e. The molecule has 0 saturated carbocycles. The Hall–Kier alpha value is -3.79. The van der Waals surface area contributed by atoms with Crippen molar-refractivity contribution in [1.82, 2.24) is 14.8 Å². The first-order valence-electron chi connectivity index (χ1n) is 10.2. The minimum atomic E-state index is -4.58. The first kappa shape index (κ1) is 23.4. The van der Waals surface area contributed by atoms with Crippen molar-refractivity contribution < 1.29 is 23.1 Å². The SMILES string of the molecule is O=C(CSc1nnc(-c2ccccc2O)n1Cc1ccccc1)Nc1ccccc1C(F)(F)F. The van der Waals surface area contributed by atoms with Crippen LogP contribution in [-0.2, 0) is 17.5 Å². The maximum Gasteiger partial charge on any atom is 0.418 e. The van der Waals surface area contributed by atoms with Gasteiger partial charge in [-0.15, -0.1) is 10.2 Å². The maximum absolute atomic E-state index is 13.2. The van der Waals surface area contributed by atoms with Crippen molar-refractivity contribution in [3.63, 3.8) is 0 Å². The second-order valence-electron chi connectivity index (χ2n) is 7.28. The monoisotopic (exact) mass is 484 g/mol. The van der Waals surface area contributed by atoms with Gasteiger partial charge in [-0.05, 0) is 29.8 Å². The van der Waals surface area contributed by atoms with Crippen LogP contribution in [0.4, 0.5) is 18.9 Å². The van der Waals surface area contributed by atoms with E-state index < -0.39 is 17.6 Å². The fourth-order valence-corrected chi connectivity index (χ4v) is 4.06. The summed E-state index contributed by atoms with van der Waals surface area (Å²) in [7, 11) is 0. The quantitative estimate of drug-likeness (QED) is 0.341. The van der Waals surface area contributed by atoms with E-state index in [0.717, 1.165) is 23.4 Å². The molecule has 1 aromatic heterocycles. The molecule has 0 unspecified atom stereocenters. The summed E-state index contributed by atoms with van der Waals surface area (Å²) < 4.78 is 41.4. The number of halogens is 3. The van der Waals surface area contributed by atoms with Crippen LogP contribution < -0.4 is 5.32 Å². The maximum atomic E-state index is 13.2. The fourth-order valence-electron chi connectivity index (χ4n) is 3.32. The van der Waals surface area contributed by atoms with Crippen LogP contribution in [0.25, 0.3) is 11.4 Å². The topological polar surface area (TPSA) is 80.0 Å². The summed E-state index contributed by atoms with van der Waals surface area (Å²) in [6.45, 7) is 0.373. The predicted molar refractivity (Wildman–Crippen MR) is 123 cm³/mol. The summed E-state index contributed by atoms with van der Waals surface area (Å²) in [5, 5.41) is 21.4.